The molecule has 29 heavy (non-hydrogen) atoms. The number of nitrogens with two attached hydrogens (primary N) is 1. The lowest BCUT2D eigenvalue weighted by Gasteiger charge is -2.13. The van der Waals surface area contributed by atoms with Crippen LogP contribution in [-0.4, -0.2) is 42.9 Å². The molecule has 0 aliphatic rings. The monoisotopic (exact) mass is 398 g/mol. The van der Waals surface area contributed by atoms with Crippen molar-refractivity contribution in [3.05, 3.63) is 53.7 Å². The molecule has 1 atom stereocenters. The number of methoxy groups -OCH3 is 2. The number of primary amides is 1. The third-order valence-electron chi connectivity index (χ3n) is 4.77. The van der Waals surface area contributed by atoms with E-state index in [4.69, 9.17) is 19.9 Å². The highest BCUT2D eigenvalue weighted by molar-refractivity contribution is 5.98. The maximum absolute atomic E-state index is 11.4. The van der Waals surface area contributed by atoms with Gasteiger partial charge in [-0.2, -0.15) is 0 Å². The molecule has 154 valence electrons. The van der Waals surface area contributed by atoms with Crippen LogP contribution >= 0.6 is 0 Å². The molecule has 3 aromatic rings. The number of hydrogen-bond acceptors (Lipinski definition) is 5. The van der Waals surface area contributed by atoms with Crippen LogP contribution in [0, 0.1) is 0 Å². The lowest BCUT2D eigenvalue weighted by Crippen LogP contribution is -2.17. The summed E-state index contributed by atoms with van der Waals surface area (Å²) in [6.07, 6.45) is 1.62. The van der Waals surface area contributed by atoms with Crippen molar-refractivity contribution in [3.63, 3.8) is 0 Å². The van der Waals surface area contributed by atoms with Crippen LogP contribution in [0.15, 0.2) is 42.5 Å². The Hall–Kier alpha value is -3.19. The summed E-state index contributed by atoms with van der Waals surface area (Å²) >= 11 is 0. The number of aliphatic hydroxyl groups is 1. The van der Waals surface area contributed by atoms with Gasteiger partial charge >= 0.3 is 0 Å². The number of ether oxygens (including phenoxy) is 3. The van der Waals surface area contributed by atoms with E-state index in [1.807, 2.05) is 30.3 Å². The fraction of sp³-hybridized carbons (Fsp3) is 0.318. The molecular formula is C22H26N2O5. The number of amides is 1. The van der Waals surface area contributed by atoms with Crippen molar-refractivity contribution in [3.8, 4) is 17.2 Å². The summed E-state index contributed by atoms with van der Waals surface area (Å²) in [7, 11) is 3.22. The van der Waals surface area contributed by atoms with E-state index < -0.39 is 12.0 Å². The van der Waals surface area contributed by atoms with Crippen molar-refractivity contribution in [2.45, 2.75) is 25.4 Å². The standard InChI is InChI=1S/C22H26N2O5/c1-27-20-10-9-14(11-21(20)28-2)5-3-6-15(25)13-29-19-8-4-7-17-16(19)12-18(24-17)22(23)26/h4,7-12,15,24-25H,3,5-6,13H2,1-2H3,(H2,23,26). The molecule has 7 heteroatoms. The van der Waals surface area contributed by atoms with Gasteiger partial charge in [0.15, 0.2) is 11.5 Å². The van der Waals surface area contributed by atoms with E-state index in [2.05, 4.69) is 4.98 Å². The summed E-state index contributed by atoms with van der Waals surface area (Å²) in [5.74, 6) is 1.47. The molecule has 2 aromatic carbocycles. The van der Waals surface area contributed by atoms with Gasteiger partial charge in [0.25, 0.3) is 5.91 Å². The van der Waals surface area contributed by atoms with Gasteiger partial charge in [0.05, 0.1) is 20.3 Å². The molecule has 0 saturated heterocycles. The number of carbonyl (C=O) groups is 1. The van der Waals surface area contributed by atoms with Crippen molar-refractivity contribution >= 4 is 16.8 Å². The number of fused-ring (bicyclic) bond motifs is 1. The Morgan fingerprint density at radius 2 is 1.90 bits per heavy atom. The van der Waals surface area contributed by atoms with Crippen LogP contribution in [0.5, 0.6) is 17.2 Å². The number of aromatic amines is 1. The van der Waals surface area contributed by atoms with Gasteiger partial charge in [-0.05, 0) is 55.2 Å². The molecule has 3 rings (SSSR count). The van der Waals surface area contributed by atoms with Crippen molar-refractivity contribution in [2.75, 3.05) is 20.8 Å². The summed E-state index contributed by atoms with van der Waals surface area (Å²) in [6.45, 7) is 0.169. The normalized spacial score (nSPS) is 12.0. The molecule has 1 unspecified atom stereocenters. The van der Waals surface area contributed by atoms with Crippen LogP contribution < -0.4 is 19.9 Å². The van der Waals surface area contributed by atoms with E-state index in [0.717, 1.165) is 29.3 Å². The van der Waals surface area contributed by atoms with Crippen molar-refractivity contribution < 1.29 is 24.1 Å². The van der Waals surface area contributed by atoms with E-state index in [1.165, 1.54) is 0 Å². The maximum Gasteiger partial charge on any atom is 0.265 e. The molecule has 0 bridgehead atoms. The Bertz CT molecular complexity index is 982. The summed E-state index contributed by atoms with van der Waals surface area (Å²) < 4.78 is 16.3. The fourth-order valence-electron chi connectivity index (χ4n) is 3.23. The van der Waals surface area contributed by atoms with Crippen molar-refractivity contribution in [1.82, 2.24) is 4.98 Å². The van der Waals surface area contributed by atoms with Crippen molar-refractivity contribution in [2.24, 2.45) is 5.73 Å². The summed E-state index contributed by atoms with van der Waals surface area (Å²) in [5.41, 5.74) is 7.53. The van der Waals surface area contributed by atoms with Gasteiger partial charge < -0.3 is 30.0 Å². The van der Waals surface area contributed by atoms with Gasteiger partial charge in [-0.25, -0.2) is 0 Å². The first kappa shape index (κ1) is 20.5. The first-order chi connectivity index (χ1) is 14.0. The molecule has 0 spiro atoms. The SMILES string of the molecule is COc1ccc(CCCC(O)COc2cccc3[nH]c(C(N)=O)cc23)cc1OC. The van der Waals surface area contributed by atoms with E-state index >= 15 is 0 Å². The highest BCUT2D eigenvalue weighted by Gasteiger charge is 2.12. The zero-order valence-corrected chi connectivity index (χ0v) is 16.6. The molecule has 0 saturated carbocycles. The van der Waals surface area contributed by atoms with Crippen LogP contribution in [0.25, 0.3) is 10.9 Å². The second kappa shape index (κ2) is 9.34. The predicted octanol–water partition coefficient (Wildman–Crippen LogP) is 3.05. The van der Waals surface area contributed by atoms with E-state index in [9.17, 15) is 9.90 Å². The smallest absolute Gasteiger partial charge is 0.265 e. The molecule has 0 aliphatic heterocycles. The highest BCUT2D eigenvalue weighted by Crippen LogP contribution is 2.29. The average molecular weight is 398 g/mol. The predicted molar refractivity (Wildman–Crippen MR) is 111 cm³/mol. The summed E-state index contributed by atoms with van der Waals surface area (Å²) in [6, 6.07) is 13.0. The fourth-order valence-corrected chi connectivity index (χ4v) is 3.23. The highest BCUT2D eigenvalue weighted by atomic mass is 16.5. The van der Waals surface area contributed by atoms with Crippen LogP contribution in [0.3, 0.4) is 0 Å². The van der Waals surface area contributed by atoms with Gasteiger partial charge in [0.1, 0.15) is 18.1 Å². The number of H-pyrrole nitrogens is 1. The summed E-state index contributed by atoms with van der Waals surface area (Å²) in [4.78, 5) is 14.3. The van der Waals surface area contributed by atoms with Gasteiger partial charge in [0.2, 0.25) is 0 Å². The van der Waals surface area contributed by atoms with Crippen LogP contribution in [0.1, 0.15) is 28.9 Å². The quantitative estimate of drug-likeness (QED) is 0.487. The van der Waals surface area contributed by atoms with Gasteiger partial charge in [-0.15, -0.1) is 0 Å². The minimum absolute atomic E-state index is 0.169. The third-order valence-corrected chi connectivity index (χ3v) is 4.77. The van der Waals surface area contributed by atoms with Crippen molar-refractivity contribution in [1.29, 1.82) is 0 Å². The van der Waals surface area contributed by atoms with Gasteiger partial charge in [0, 0.05) is 10.9 Å². The second-order valence-electron chi connectivity index (χ2n) is 6.81. The number of aromatic nitrogens is 1. The molecule has 0 radical (unpaired) electrons. The molecule has 4 N–H and O–H groups in total. The molecule has 1 aromatic heterocycles. The van der Waals surface area contributed by atoms with Gasteiger partial charge in [-0.3, -0.25) is 4.79 Å². The molecule has 0 aliphatic carbocycles. The molecule has 7 nitrogen and oxygen atoms in total. The number of aryl methyl sites for hydroxylation is 1. The Kier molecular flexibility index (Phi) is 6.61. The number of hydrogen-bond donors (Lipinski definition) is 3. The third kappa shape index (κ3) is 5.00. The molecule has 1 heterocycles. The minimum Gasteiger partial charge on any atom is -0.493 e. The Morgan fingerprint density at radius 3 is 2.62 bits per heavy atom. The van der Waals surface area contributed by atoms with Crippen LogP contribution in [0.2, 0.25) is 0 Å². The lowest BCUT2D eigenvalue weighted by molar-refractivity contribution is 0.0987. The number of aliphatic hydroxyl groups excluding tert-OH is 1. The second-order valence-corrected chi connectivity index (χ2v) is 6.81. The summed E-state index contributed by atoms with van der Waals surface area (Å²) in [5, 5.41) is 11.0. The number of nitrogens with one attached hydrogen (secondary N) is 1. The van der Waals surface area contributed by atoms with E-state index in [-0.39, 0.29) is 6.61 Å². The largest absolute Gasteiger partial charge is 0.493 e. The molecule has 0 fully saturated rings. The average Bonchev–Trinajstić information content (AvgIpc) is 3.17. The first-order valence-corrected chi connectivity index (χ1v) is 9.45. The molecule has 1 amide bonds. The number of rotatable bonds is 10. The zero-order chi connectivity index (χ0) is 20.8. The van der Waals surface area contributed by atoms with Crippen LogP contribution in [-0.2, 0) is 6.42 Å². The maximum atomic E-state index is 11.4. The topological polar surface area (TPSA) is 107 Å². The van der Waals surface area contributed by atoms with Gasteiger partial charge in [-0.1, -0.05) is 12.1 Å². The Balaban J connectivity index is 1.52. The van der Waals surface area contributed by atoms with Crippen LogP contribution in [0.4, 0.5) is 0 Å². The Labute approximate surface area is 169 Å². The number of carbonyl (C=O) groups excluding carboxylic acids is 1. The minimum atomic E-state index is -0.597. The first-order valence-electron chi connectivity index (χ1n) is 9.45. The Morgan fingerprint density at radius 1 is 1.10 bits per heavy atom. The zero-order valence-electron chi connectivity index (χ0n) is 16.6. The van der Waals surface area contributed by atoms with E-state index in [1.54, 1.807) is 26.4 Å². The lowest BCUT2D eigenvalue weighted by atomic mass is 10.1. The number of benzene rings is 2. The van der Waals surface area contributed by atoms with E-state index in [0.29, 0.717) is 29.4 Å². The molecular weight excluding hydrogens is 372 g/mol.